The van der Waals surface area contributed by atoms with Crippen molar-refractivity contribution in [1.29, 1.82) is 0 Å². The third-order valence-corrected chi connectivity index (χ3v) is 8.33. The largest absolute Gasteiger partial charge is 0.497 e. The van der Waals surface area contributed by atoms with E-state index >= 15 is 0 Å². The molecular weight excluding hydrogens is 484 g/mol. The van der Waals surface area contributed by atoms with E-state index < -0.39 is 0 Å². The molecule has 0 N–H and O–H groups in total. The maximum Gasteiger partial charge on any atom is 0.119 e. The number of fused-ring (bicyclic) bond motifs is 5. The van der Waals surface area contributed by atoms with Crippen molar-refractivity contribution in [1.82, 2.24) is 0 Å². The van der Waals surface area contributed by atoms with Gasteiger partial charge in [-0.3, -0.25) is 0 Å². The highest BCUT2D eigenvalue weighted by Crippen LogP contribution is 2.54. The van der Waals surface area contributed by atoms with Gasteiger partial charge in [0.25, 0.3) is 0 Å². The normalized spacial score (nSPS) is 11.6. The van der Waals surface area contributed by atoms with E-state index in [1.54, 1.807) is 7.11 Å². The molecule has 8 rings (SSSR count). The first kappa shape index (κ1) is 22.8. The Morgan fingerprint density at radius 3 is 1.57 bits per heavy atom. The lowest BCUT2D eigenvalue weighted by molar-refractivity contribution is 0.415. The topological polar surface area (TPSA) is 9.23 Å². The van der Waals surface area contributed by atoms with E-state index in [0.717, 1.165) is 5.75 Å². The van der Waals surface area contributed by atoms with E-state index in [2.05, 4.69) is 140 Å². The van der Waals surface area contributed by atoms with Crippen molar-refractivity contribution in [2.75, 3.05) is 7.11 Å². The Hall–Kier alpha value is -5.14. The van der Waals surface area contributed by atoms with Gasteiger partial charge in [-0.2, -0.15) is 0 Å². The molecule has 0 fully saturated rings. The van der Waals surface area contributed by atoms with Crippen LogP contribution in [0.4, 0.5) is 0 Å². The molecule has 0 spiro atoms. The summed E-state index contributed by atoms with van der Waals surface area (Å²) in [5.41, 5.74) is 12.6. The highest BCUT2D eigenvalue weighted by molar-refractivity contribution is 6.29. The van der Waals surface area contributed by atoms with E-state index in [9.17, 15) is 0 Å². The summed E-state index contributed by atoms with van der Waals surface area (Å²) >= 11 is 0. The maximum atomic E-state index is 5.59. The monoisotopic (exact) mass is 510 g/mol. The molecule has 1 heteroatoms. The number of methoxy groups -OCH3 is 1. The fourth-order valence-electron chi connectivity index (χ4n) is 6.45. The number of ether oxygens (including phenoxy) is 1. The summed E-state index contributed by atoms with van der Waals surface area (Å²) < 4.78 is 5.59. The van der Waals surface area contributed by atoms with Gasteiger partial charge in [0.15, 0.2) is 0 Å². The zero-order chi connectivity index (χ0) is 26.6. The molecule has 0 saturated carbocycles. The molecule has 0 radical (unpaired) electrons. The summed E-state index contributed by atoms with van der Waals surface area (Å²) in [7, 11) is 1.74. The van der Waals surface area contributed by atoms with Gasteiger partial charge in [0.05, 0.1) is 7.11 Å². The SMILES string of the molecule is COc1ccc2c(c1)-c1cccc3c(-c4ccc(-c5ccc(-c6ccccc6)cc5)cc4)c4ccccc4c-2c13. The lowest BCUT2D eigenvalue weighted by Crippen LogP contribution is -1.88. The van der Waals surface area contributed by atoms with Crippen LogP contribution in [-0.4, -0.2) is 7.11 Å². The molecular formula is C39H26O. The molecule has 0 saturated heterocycles. The van der Waals surface area contributed by atoms with E-state index in [1.165, 1.54) is 77.2 Å². The van der Waals surface area contributed by atoms with Gasteiger partial charge in [-0.05, 0) is 89.3 Å². The molecule has 0 heterocycles. The second kappa shape index (κ2) is 8.97. The Labute approximate surface area is 233 Å². The third kappa shape index (κ3) is 3.41. The Morgan fingerprint density at radius 1 is 0.375 bits per heavy atom. The van der Waals surface area contributed by atoms with Gasteiger partial charge in [0.2, 0.25) is 0 Å². The van der Waals surface area contributed by atoms with Crippen LogP contribution in [0.2, 0.25) is 0 Å². The van der Waals surface area contributed by atoms with Crippen molar-refractivity contribution in [3.05, 3.63) is 140 Å². The van der Waals surface area contributed by atoms with Crippen LogP contribution in [0.25, 0.3) is 77.2 Å². The summed E-state index contributed by atoms with van der Waals surface area (Å²) in [5, 5.41) is 5.20. The fourth-order valence-corrected chi connectivity index (χ4v) is 6.45. The molecule has 7 aromatic carbocycles. The van der Waals surface area contributed by atoms with Crippen LogP contribution in [0.3, 0.4) is 0 Å². The average Bonchev–Trinajstić information content (AvgIpc) is 3.37. The average molecular weight is 511 g/mol. The van der Waals surface area contributed by atoms with Crippen LogP contribution in [0, 0.1) is 0 Å². The fraction of sp³-hybridized carbons (Fsp3) is 0.0256. The Bertz CT molecular complexity index is 2050. The van der Waals surface area contributed by atoms with Crippen LogP contribution in [0.1, 0.15) is 0 Å². The number of rotatable bonds is 4. The number of hydrogen-bond donors (Lipinski definition) is 0. The Balaban J connectivity index is 1.28. The molecule has 0 aliphatic heterocycles. The van der Waals surface area contributed by atoms with E-state index in [1.807, 2.05) is 0 Å². The molecule has 0 amide bonds. The quantitative estimate of drug-likeness (QED) is 0.214. The van der Waals surface area contributed by atoms with Gasteiger partial charge in [-0.25, -0.2) is 0 Å². The summed E-state index contributed by atoms with van der Waals surface area (Å²) in [6.07, 6.45) is 0. The first-order valence-corrected chi connectivity index (χ1v) is 13.7. The van der Waals surface area contributed by atoms with Crippen LogP contribution >= 0.6 is 0 Å². The minimum Gasteiger partial charge on any atom is -0.497 e. The molecule has 0 unspecified atom stereocenters. The van der Waals surface area contributed by atoms with E-state index in [4.69, 9.17) is 4.74 Å². The van der Waals surface area contributed by atoms with E-state index in [-0.39, 0.29) is 0 Å². The summed E-state index contributed by atoms with van der Waals surface area (Å²) in [6, 6.07) is 50.5. The van der Waals surface area contributed by atoms with Crippen LogP contribution < -0.4 is 4.74 Å². The molecule has 1 nitrogen and oxygen atoms in total. The van der Waals surface area contributed by atoms with E-state index in [0.29, 0.717) is 0 Å². The Kier molecular flexibility index (Phi) is 5.11. The van der Waals surface area contributed by atoms with Crippen molar-refractivity contribution in [3.63, 3.8) is 0 Å². The first-order valence-electron chi connectivity index (χ1n) is 13.7. The molecule has 1 aliphatic carbocycles. The van der Waals surface area contributed by atoms with Crippen molar-refractivity contribution in [3.8, 4) is 61.4 Å². The zero-order valence-corrected chi connectivity index (χ0v) is 22.2. The molecule has 40 heavy (non-hydrogen) atoms. The highest BCUT2D eigenvalue weighted by atomic mass is 16.5. The van der Waals surface area contributed by atoms with Gasteiger partial charge >= 0.3 is 0 Å². The zero-order valence-electron chi connectivity index (χ0n) is 22.2. The minimum absolute atomic E-state index is 0.889. The molecule has 7 aromatic rings. The van der Waals surface area contributed by atoms with Gasteiger partial charge in [0, 0.05) is 0 Å². The molecule has 0 aromatic heterocycles. The number of benzene rings is 7. The van der Waals surface area contributed by atoms with Gasteiger partial charge in [-0.15, -0.1) is 0 Å². The van der Waals surface area contributed by atoms with Gasteiger partial charge < -0.3 is 4.74 Å². The van der Waals surface area contributed by atoms with Gasteiger partial charge in [-0.1, -0.05) is 127 Å². The predicted octanol–water partition coefficient (Wildman–Crippen LogP) is 10.6. The highest BCUT2D eigenvalue weighted by Gasteiger charge is 2.26. The van der Waals surface area contributed by atoms with Crippen molar-refractivity contribution in [2.24, 2.45) is 0 Å². The van der Waals surface area contributed by atoms with Crippen LogP contribution in [0.5, 0.6) is 5.75 Å². The molecule has 188 valence electrons. The van der Waals surface area contributed by atoms with Crippen LogP contribution in [-0.2, 0) is 0 Å². The maximum absolute atomic E-state index is 5.59. The lowest BCUT2D eigenvalue weighted by atomic mass is 9.87. The van der Waals surface area contributed by atoms with Crippen molar-refractivity contribution in [2.45, 2.75) is 0 Å². The number of hydrogen-bond acceptors (Lipinski definition) is 1. The first-order chi connectivity index (χ1) is 19.8. The van der Waals surface area contributed by atoms with Crippen LogP contribution in [0.15, 0.2) is 140 Å². The van der Waals surface area contributed by atoms with Crippen molar-refractivity contribution >= 4 is 21.5 Å². The third-order valence-electron chi connectivity index (χ3n) is 8.33. The molecule has 0 atom stereocenters. The molecule has 0 bridgehead atoms. The standard InChI is InChI=1S/C39H26O/c1-40-30-22-23-34-36(24-30)33-12-7-13-35-37(31-10-5-6-11-32(31)38(34)39(33)35)29-20-18-28(19-21-29)27-16-14-26(15-17-27)25-8-3-2-4-9-25/h2-24H,1H3. The van der Waals surface area contributed by atoms with Crippen molar-refractivity contribution < 1.29 is 4.74 Å². The smallest absolute Gasteiger partial charge is 0.119 e. The summed E-state index contributed by atoms with van der Waals surface area (Å²) in [5.74, 6) is 0.889. The molecule has 1 aliphatic rings. The second-order valence-electron chi connectivity index (χ2n) is 10.5. The van der Waals surface area contributed by atoms with Gasteiger partial charge in [0.1, 0.15) is 5.75 Å². The minimum atomic E-state index is 0.889. The lowest BCUT2D eigenvalue weighted by Gasteiger charge is -2.16. The Morgan fingerprint density at radius 2 is 0.925 bits per heavy atom. The second-order valence-corrected chi connectivity index (χ2v) is 10.5. The summed E-state index contributed by atoms with van der Waals surface area (Å²) in [6.45, 7) is 0. The predicted molar refractivity (Wildman–Crippen MR) is 169 cm³/mol. The summed E-state index contributed by atoms with van der Waals surface area (Å²) in [4.78, 5) is 0.